The lowest BCUT2D eigenvalue weighted by molar-refractivity contribution is 0.311. The van der Waals surface area contributed by atoms with E-state index in [9.17, 15) is 0 Å². The van der Waals surface area contributed by atoms with Gasteiger partial charge in [-0.1, -0.05) is 26.0 Å². The van der Waals surface area contributed by atoms with Gasteiger partial charge in [-0.3, -0.25) is 0 Å². The molecule has 1 aliphatic heterocycles. The van der Waals surface area contributed by atoms with Crippen LogP contribution in [0.1, 0.15) is 55.3 Å². The summed E-state index contributed by atoms with van der Waals surface area (Å²) in [5.74, 6) is 1.65. The highest BCUT2D eigenvalue weighted by molar-refractivity contribution is 5.49. The van der Waals surface area contributed by atoms with Crippen LogP contribution in [0, 0.1) is 6.92 Å². The highest BCUT2D eigenvalue weighted by Crippen LogP contribution is 2.39. The minimum absolute atomic E-state index is 0.436. The molecule has 2 heteroatoms. The Morgan fingerprint density at radius 2 is 2.12 bits per heavy atom. The first kappa shape index (κ1) is 12.4. The number of hydrogen-bond acceptors (Lipinski definition) is 2. The summed E-state index contributed by atoms with van der Waals surface area (Å²) in [5, 5.41) is 3.43. The van der Waals surface area contributed by atoms with Crippen LogP contribution in [0.25, 0.3) is 0 Å². The van der Waals surface area contributed by atoms with Gasteiger partial charge in [-0.15, -0.1) is 0 Å². The fourth-order valence-electron chi connectivity index (χ4n) is 2.66. The Labute approximate surface area is 104 Å². The van der Waals surface area contributed by atoms with Gasteiger partial charge in [-0.05, 0) is 43.9 Å². The zero-order valence-corrected chi connectivity index (χ0v) is 11.3. The maximum Gasteiger partial charge on any atom is 0.127 e. The summed E-state index contributed by atoms with van der Waals surface area (Å²) in [6.07, 6.45) is 2.28. The van der Waals surface area contributed by atoms with Gasteiger partial charge in [0.05, 0.1) is 6.61 Å². The van der Waals surface area contributed by atoms with Crippen LogP contribution in [0.3, 0.4) is 0 Å². The first-order valence-electron chi connectivity index (χ1n) is 6.58. The molecule has 0 spiro atoms. The molecule has 17 heavy (non-hydrogen) atoms. The van der Waals surface area contributed by atoms with E-state index in [0.717, 1.165) is 25.2 Å². The molecule has 1 aromatic rings. The first-order valence-corrected chi connectivity index (χ1v) is 6.58. The summed E-state index contributed by atoms with van der Waals surface area (Å²) in [5.41, 5.74) is 4.05. The fourth-order valence-corrected chi connectivity index (χ4v) is 2.66. The van der Waals surface area contributed by atoms with E-state index in [0.29, 0.717) is 12.0 Å². The van der Waals surface area contributed by atoms with Crippen molar-refractivity contribution >= 4 is 0 Å². The summed E-state index contributed by atoms with van der Waals surface area (Å²) >= 11 is 0. The van der Waals surface area contributed by atoms with Crippen LogP contribution in [0.2, 0.25) is 0 Å². The second-order valence-electron chi connectivity index (χ2n) is 5.20. The van der Waals surface area contributed by atoms with Crippen LogP contribution in [0.4, 0.5) is 0 Å². The molecule has 0 saturated carbocycles. The van der Waals surface area contributed by atoms with Gasteiger partial charge in [0, 0.05) is 11.6 Å². The fraction of sp³-hybridized carbons (Fsp3) is 0.600. The van der Waals surface area contributed by atoms with E-state index in [1.807, 2.05) is 7.05 Å². The van der Waals surface area contributed by atoms with Crippen LogP contribution in [-0.4, -0.2) is 13.7 Å². The predicted octanol–water partition coefficient (Wildman–Crippen LogP) is 3.55. The van der Waals surface area contributed by atoms with Crippen LogP contribution in [0.5, 0.6) is 5.75 Å². The molecule has 1 aromatic carbocycles. The van der Waals surface area contributed by atoms with Gasteiger partial charge in [-0.2, -0.15) is 0 Å². The second kappa shape index (κ2) is 5.09. The van der Waals surface area contributed by atoms with Gasteiger partial charge in [0.25, 0.3) is 0 Å². The highest BCUT2D eigenvalue weighted by Gasteiger charge is 2.23. The third-order valence-corrected chi connectivity index (χ3v) is 3.65. The van der Waals surface area contributed by atoms with Crippen molar-refractivity contribution in [2.24, 2.45) is 0 Å². The predicted molar refractivity (Wildman–Crippen MR) is 71.8 cm³/mol. The van der Waals surface area contributed by atoms with Gasteiger partial charge in [0.1, 0.15) is 5.75 Å². The summed E-state index contributed by atoms with van der Waals surface area (Å²) in [4.78, 5) is 0. The summed E-state index contributed by atoms with van der Waals surface area (Å²) in [6, 6.07) is 4.88. The molecule has 0 aromatic heterocycles. The van der Waals surface area contributed by atoms with Crippen molar-refractivity contribution in [2.75, 3.05) is 13.7 Å². The molecular formula is C15H23NO. The monoisotopic (exact) mass is 233 g/mol. The molecule has 2 nitrogen and oxygen atoms in total. The Kier molecular flexibility index (Phi) is 3.72. The molecule has 0 saturated heterocycles. The normalized spacial score (nSPS) is 19.7. The lowest BCUT2D eigenvalue weighted by atomic mass is 9.91. The molecule has 1 atom stereocenters. The maximum absolute atomic E-state index is 6.01. The Morgan fingerprint density at radius 1 is 1.35 bits per heavy atom. The number of aryl methyl sites for hydroxylation is 1. The maximum atomic E-state index is 6.01. The average molecular weight is 233 g/mol. The number of benzene rings is 1. The molecule has 94 valence electrons. The van der Waals surface area contributed by atoms with Gasteiger partial charge >= 0.3 is 0 Å². The zero-order chi connectivity index (χ0) is 12.4. The quantitative estimate of drug-likeness (QED) is 0.843. The third kappa shape index (κ3) is 2.32. The minimum atomic E-state index is 0.436. The molecule has 0 amide bonds. The highest BCUT2D eigenvalue weighted by atomic mass is 16.5. The first-order chi connectivity index (χ1) is 8.15. The average Bonchev–Trinajstić information content (AvgIpc) is 2.51. The number of ether oxygens (including phenoxy) is 1. The number of nitrogens with one attached hydrogen (secondary N) is 1. The molecule has 1 heterocycles. The topological polar surface area (TPSA) is 21.3 Å². The molecule has 0 bridgehead atoms. The van der Waals surface area contributed by atoms with Crippen molar-refractivity contribution in [2.45, 2.75) is 45.6 Å². The molecular weight excluding hydrogens is 210 g/mol. The lowest BCUT2D eigenvalue weighted by Crippen LogP contribution is -2.17. The zero-order valence-electron chi connectivity index (χ0n) is 11.3. The molecule has 1 unspecified atom stereocenters. The van der Waals surface area contributed by atoms with Crippen LogP contribution in [0.15, 0.2) is 12.1 Å². The van der Waals surface area contributed by atoms with Gasteiger partial charge in [-0.25, -0.2) is 0 Å². The summed E-state index contributed by atoms with van der Waals surface area (Å²) in [6.45, 7) is 7.48. The largest absolute Gasteiger partial charge is 0.493 e. The van der Waals surface area contributed by atoms with E-state index in [-0.39, 0.29) is 0 Å². The van der Waals surface area contributed by atoms with E-state index >= 15 is 0 Å². The molecule has 2 rings (SSSR count). The summed E-state index contributed by atoms with van der Waals surface area (Å²) < 4.78 is 6.01. The van der Waals surface area contributed by atoms with Crippen molar-refractivity contribution in [3.8, 4) is 5.75 Å². The van der Waals surface area contributed by atoms with Crippen LogP contribution >= 0.6 is 0 Å². The standard InChI is InChI=1S/C15H23NO/c1-10(2)12-8-7-11(3)14-13(16-4)6-5-9-17-15(12)14/h7-8,10,13,16H,5-6,9H2,1-4H3. The molecule has 1 aliphatic rings. The minimum Gasteiger partial charge on any atom is -0.493 e. The van der Waals surface area contributed by atoms with E-state index in [1.165, 1.54) is 16.7 Å². The summed E-state index contributed by atoms with van der Waals surface area (Å²) in [7, 11) is 2.04. The molecule has 0 aliphatic carbocycles. The SMILES string of the molecule is CNC1CCCOc2c(C(C)C)ccc(C)c21. The van der Waals surface area contributed by atoms with Gasteiger partial charge in [0.15, 0.2) is 0 Å². The number of fused-ring (bicyclic) bond motifs is 1. The van der Waals surface area contributed by atoms with Gasteiger partial charge < -0.3 is 10.1 Å². The van der Waals surface area contributed by atoms with Crippen molar-refractivity contribution in [3.63, 3.8) is 0 Å². The molecule has 1 N–H and O–H groups in total. The van der Waals surface area contributed by atoms with E-state index in [1.54, 1.807) is 0 Å². The van der Waals surface area contributed by atoms with Crippen LogP contribution in [-0.2, 0) is 0 Å². The Hall–Kier alpha value is -1.02. The number of hydrogen-bond donors (Lipinski definition) is 1. The number of rotatable bonds is 2. The smallest absolute Gasteiger partial charge is 0.127 e. The molecule has 0 radical (unpaired) electrons. The van der Waals surface area contributed by atoms with Crippen molar-refractivity contribution < 1.29 is 4.74 Å². The Balaban J connectivity index is 2.57. The third-order valence-electron chi connectivity index (χ3n) is 3.65. The van der Waals surface area contributed by atoms with Crippen LogP contribution < -0.4 is 10.1 Å². The van der Waals surface area contributed by atoms with E-state index in [4.69, 9.17) is 4.74 Å². The van der Waals surface area contributed by atoms with Crippen molar-refractivity contribution in [1.82, 2.24) is 5.32 Å². The van der Waals surface area contributed by atoms with E-state index < -0.39 is 0 Å². The lowest BCUT2D eigenvalue weighted by Gasteiger charge is -2.22. The Morgan fingerprint density at radius 3 is 2.76 bits per heavy atom. The van der Waals surface area contributed by atoms with Crippen molar-refractivity contribution in [3.05, 3.63) is 28.8 Å². The Bertz CT molecular complexity index is 398. The van der Waals surface area contributed by atoms with E-state index in [2.05, 4.69) is 38.2 Å². The van der Waals surface area contributed by atoms with Gasteiger partial charge in [0.2, 0.25) is 0 Å². The van der Waals surface area contributed by atoms with Crippen molar-refractivity contribution in [1.29, 1.82) is 0 Å². The molecule has 0 fully saturated rings. The second-order valence-corrected chi connectivity index (χ2v) is 5.20.